The van der Waals surface area contributed by atoms with Gasteiger partial charge in [-0.25, -0.2) is 0 Å². The van der Waals surface area contributed by atoms with Crippen molar-refractivity contribution >= 4 is 0 Å². The Labute approximate surface area is 130 Å². The summed E-state index contributed by atoms with van der Waals surface area (Å²) in [5.41, 5.74) is 9.36. The van der Waals surface area contributed by atoms with Gasteiger partial charge in [-0.05, 0) is 49.7 Å². The van der Waals surface area contributed by atoms with Crippen LogP contribution in [0.1, 0.15) is 64.5 Å². The topological polar surface area (TPSA) is 29.3 Å². The van der Waals surface area contributed by atoms with Gasteiger partial charge in [-0.1, -0.05) is 45.0 Å². The molecule has 118 valence electrons. The second-order valence-electron chi connectivity index (χ2n) is 7.40. The summed E-state index contributed by atoms with van der Waals surface area (Å²) in [6.07, 6.45) is 2.40. The molecule has 0 amide bonds. The Balaban J connectivity index is 2.52. The van der Waals surface area contributed by atoms with Crippen molar-refractivity contribution in [1.82, 2.24) is 4.90 Å². The van der Waals surface area contributed by atoms with Crippen LogP contribution in [0.3, 0.4) is 0 Å². The van der Waals surface area contributed by atoms with Crippen LogP contribution in [0.5, 0.6) is 0 Å². The molecular weight excluding hydrogens is 256 g/mol. The largest absolute Gasteiger partial charge is 0.328 e. The lowest BCUT2D eigenvalue weighted by Gasteiger charge is -2.51. The van der Waals surface area contributed by atoms with Gasteiger partial charge in [-0.15, -0.1) is 0 Å². The maximum absolute atomic E-state index is 6.37. The monoisotopic (exact) mass is 288 g/mol. The lowest BCUT2D eigenvalue weighted by molar-refractivity contribution is 0.0300. The normalized spacial score (nSPS) is 25.7. The summed E-state index contributed by atoms with van der Waals surface area (Å²) >= 11 is 0. The molecule has 0 bridgehead atoms. The van der Waals surface area contributed by atoms with Crippen LogP contribution in [-0.4, -0.2) is 24.0 Å². The van der Waals surface area contributed by atoms with Crippen LogP contribution in [0.2, 0.25) is 0 Å². The highest BCUT2D eigenvalue weighted by atomic mass is 15.2. The minimum atomic E-state index is 0.0154. The summed E-state index contributed by atoms with van der Waals surface area (Å²) in [5, 5.41) is 0. The van der Waals surface area contributed by atoms with Crippen LogP contribution >= 0.6 is 0 Å². The van der Waals surface area contributed by atoms with Crippen molar-refractivity contribution in [3.05, 3.63) is 35.4 Å². The van der Waals surface area contributed by atoms with E-state index in [2.05, 4.69) is 63.8 Å². The summed E-state index contributed by atoms with van der Waals surface area (Å²) in [6.45, 7) is 13.4. The first-order valence-corrected chi connectivity index (χ1v) is 8.48. The Morgan fingerprint density at radius 2 is 1.90 bits per heavy atom. The van der Waals surface area contributed by atoms with Crippen LogP contribution in [0.4, 0.5) is 0 Å². The van der Waals surface area contributed by atoms with Crippen LogP contribution in [0.15, 0.2) is 24.3 Å². The third kappa shape index (κ3) is 3.02. The molecule has 2 rings (SSSR count). The molecule has 2 heteroatoms. The standard InChI is InChI=1S/C19H32N2/c1-14(2)12-21(15(3)4)19(13-20)11-10-16(5)17-8-6-7-9-18(17)19/h6-9,14-16H,10-13,20H2,1-5H3. The highest BCUT2D eigenvalue weighted by Crippen LogP contribution is 2.45. The third-order valence-electron chi connectivity index (χ3n) is 5.06. The van der Waals surface area contributed by atoms with E-state index < -0.39 is 0 Å². The Morgan fingerprint density at radius 3 is 2.48 bits per heavy atom. The summed E-state index contributed by atoms with van der Waals surface area (Å²) in [6, 6.07) is 9.47. The zero-order chi connectivity index (χ0) is 15.6. The summed E-state index contributed by atoms with van der Waals surface area (Å²) < 4.78 is 0. The Bertz CT molecular complexity index is 466. The van der Waals surface area contributed by atoms with Crippen LogP contribution in [0, 0.1) is 5.92 Å². The van der Waals surface area contributed by atoms with Crippen LogP contribution < -0.4 is 5.73 Å². The molecule has 0 heterocycles. The quantitative estimate of drug-likeness (QED) is 0.883. The Hall–Kier alpha value is -0.860. The Morgan fingerprint density at radius 1 is 1.24 bits per heavy atom. The minimum absolute atomic E-state index is 0.0154. The minimum Gasteiger partial charge on any atom is -0.328 e. The molecule has 0 aromatic heterocycles. The van der Waals surface area contributed by atoms with E-state index >= 15 is 0 Å². The first-order valence-electron chi connectivity index (χ1n) is 8.48. The second-order valence-corrected chi connectivity index (χ2v) is 7.40. The van der Waals surface area contributed by atoms with Crippen LogP contribution in [0.25, 0.3) is 0 Å². The van der Waals surface area contributed by atoms with E-state index in [4.69, 9.17) is 5.73 Å². The fourth-order valence-corrected chi connectivity index (χ4v) is 4.00. The van der Waals surface area contributed by atoms with E-state index in [9.17, 15) is 0 Å². The predicted octanol–water partition coefficient (Wildman–Crippen LogP) is 4.10. The van der Waals surface area contributed by atoms with Gasteiger partial charge in [0.15, 0.2) is 0 Å². The van der Waals surface area contributed by atoms with E-state index in [0.29, 0.717) is 24.4 Å². The average molecular weight is 288 g/mol. The fraction of sp³-hybridized carbons (Fsp3) is 0.684. The van der Waals surface area contributed by atoms with Gasteiger partial charge >= 0.3 is 0 Å². The maximum atomic E-state index is 6.37. The molecule has 21 heavy (non-hydrogen) atoms. The molecule has 0 spiro atoms. The van der Waals surface area contributed by atoms with Gasteiger partial charge in [0.2, 0.25) is 0 Å². The molecule has 2 unspecified atom stereocenters. The first kappa shape index (κ1) is 16.5. The zero-order valence-electron chi connectivity index (χ0n) is 14.4. The summed E-state index contributed by atoms with van der Waals surface area (Å²) in [5.74, 6) is 1.30. The number of hydrogen-bond donors (Lipinski definition) is 1. The van der Waals surface area contributed by atoms with Crippen molar-refractivity contribution in [2.75, 3.05) is 13.1 Å². The van der Waals surface area contributed by atoms with E-state index in [1.807, 2.05) is 0 Å². The van der Waals surface area contributed by atoms with E-state index in [0.717, 1.165) is 6.54 Å². The van der Waals surface area contributed by atoms with Crippen molar-refractivity contribution in [1.29, 1.82) is 0 Å². The molecule has 0 fully saturated rings. The van der Waals surface area contributed by atoms with E-state index in [1.165, 1.54) is 24.0 Å². The van der Waals surface area contributed by atoms with Gasteiger partial charge < -0.3 is 5.73 Å². The Kier molecular flexibility index (Phi) is 5.11. The molecule has 1 aromatic rings. The van der Waals surface area contributed by atoms with Gasteiger partial charge in [0, 0.05) is 19.1 Å². The molecule has 1 aliphatic carbocycles. The van der Waals surface area contributed by atoms with Crippen molar-refractivity contribution in [2.45, 2.75) is 65.0 Å². The zero-order valence-corrected chi connectivity index (χ0v) is 14.4. The average Bonchev–Trinajstić information content (AvgIpc) is 2.46. The van der Waals surface area contributed by atoms with E-state index in [-0.39, 0.29) is 5.54 Å². The van der Waals surface area contributed by atoms with Crippen molar-refractivity contribution in [2.24, 2.45) is 11.7 Å². The van der Waals surface area contributed by atoms with E-state index in [1.54, 1.807) is 0 Å². The van der Waals surface area contributed by atoms with Gasteiger partial charge in [0.25, 0.3) is 0 Å². The molecule has 0 radical (unpaired) electrons. The second kappa shape index (κ2) is 6.50. The number of nitrogens with zero attached hydrogens (tertiary/aromatic N) is 1. The number of rotatable bonds is 5. The molecule has 0 saturated heterocycles. The fourth-order valence-electron chi connectivity index (χ4n) is 4.00. The highest BCUT2D eigenvalue weighted by Gasteiger charge is 2.43. The molecular formula is C19H32N2. The maximum Gasteiger partial charge on any atom is 0.0589 e. The number of fused-ring (bicyclic) bond motifs is 1. The highest BCUT2D eigenvalue weighted by molar-refractivity contribution is 5.39. The number of hydrogen-bond acceptors (Lipinski definition) is 2. The van der Waals surface area contributed by atoms with Crippen molar-refractivity contribution < 1.29 is 0 Å². The van der Waals surface area contributed by atoms with Crippen molar-refractivity contribution in [3.8, 4) is 0 Å². The van der Waals surface area contributed by atoms with Crippen LogP contribution in [-0.2, 0) is 5.54 Å². The molecule has 2 N–H and O–H groups in total. The molecule has 1 aromatic carbocycles. The molecule has 0 aliphatic heterocycles. The molecule has 0 saturated carbocycles. The summed E-state index contributed by atoms with van der Waals surface area (Å²) in [4.78, 5) is 2.66. The molecule has 2 nitrogen and oxygen atoms in total. The molecule has 2 atom stereocenters. The summed E-state index contributed by atoms with van der Waals surface area (Å²) in [7, 11) is 0. The predicted molar refractivity (Wildman–Crippen MR) is 91.5 cm³/mol. The van der Waals surface area contributed by atoms with Gasteiger partial charge in [0.05, 0.1) is 5.54 Å². The number of nitrogens with two attached hydrogens (primary N) is 1. The van der Waals surface area contributed by atoms with Gasteiger partial charge in [-0.2, -0.15) is 0 Å². The lowest BCUT2D eigenvalue weighted by Crippen LogP contribution is -2.56. The smallest absolute Gasteiger partial charge is 0.0589 e. The number of benzene rings is 1. The van der Waals surface area contributed by atoms with Crippen molar-refractivity contribution in [3.63, 3.8) is 0 Å². The lowest BCUT2D eigenvalue weighted by atomic mass is 9.70. The van der Waals surface area contributed by atoms with Gasteiger partial charge in [0.1, 0.15) is 0 Å². The van der Waals surface area contributed by atoms with Gasteiger partial charge in [-0.3, -0.25) is 4.90 Å². The third-order valence-corrected chi connectivity index (χ3v) is 5.06. The SMILES string of the molecule is CC(C)CN(C(C)C)C1(CN)CCC(C)c2ccccc21. The molecule has 1 aliphatic rings. The first-order chi connectivity index (χ1) is 9.92.